The van der Waals surface area contributed by atoms with Crippen LogP contribution in [0, 0.1) is 0 Å². The third-order valence-electron chi connectivity index (χ3n) is 3.42. The number of benzene rings is 1. The van der Waals surface area contributed by atoms with E-state index in [-0.39, 0.29) is 18.8 Å². The normalized spacial score (nSPS) is 13.3. The average Bonchev–Trinajstić information content (AvgIpc) is 2.59. The van der Waals surface area contributed by atoms with Gasteiger partial charge in [0.15, 0.2) is 6.29 Å². The predicted octanol–water partition coefficient (Wildman–Crippen LogP) is 3.24. The van der Waals surface area contributed by atoms with E-state index in [9.17, 15) is 27.6 Å². The van der Waals surface area contributed by atoms with Crippen LogP contribution in [-0.4, -0.2) is 36.7 Å². The molecule has 1 aromatic carbocycles. The Labute approximate surface area is 148 Å². The fourth-order valence-corrected chi connectivity index (χ4v) is 2.04. The van der Waals surface area contributed by atoms with Crippen molar-refractivity contribution in [1.82, 2.24) is 10.4 Å². The Kier molecular flexibility index (Phi) is 6.99. The second kappa shape index (κ2) is 8.54. The molecule has 1 aromatic rings. The van der Waals surface area contributed by atoms with E-state index >= 15 is 0 Å². The molecule has 0 aliphatic heterocycles. The van der Waals surface area contributed by atoms with Gasteiger partial charge in [0, 0.05) is 0 Å². The third kappa shape index (κ3) is 4.87. The van der Waals surface area contributed by atoms with Gasteiger partial charge in [-0.2, -0.15) is 18.2 Å². The van der Waals surface area contributed by atoms with Crippen molar-refractivity contribution in [2.75, 3.05) is 13.2 Å². The number of amides is 2. The SMILES string of the molecule is CCOC(=O)NN(C(=O)OCC)C(C)(C=O)c1ccc(C(F)(F)F)cc1. The number of carbonyl (C=O) groups excluding carboxylic acids is 3. The standard InChI is InChI=1S/C16H19F3N2O5/c1-4-25-13(23)20-21(14(24)26-5-2)15(3,10-22)11-6-8-12(9-7-11)16(17,18)19/h6-10H,4-5H2,1-3H3,(H,20,23). The van der Waals surface area contributed by atoms with Crippen molar-refractivity contribution >= 4 is 18.5 Å². The van der Waals surface area contributed by atoms with Crippen molar-refractivity contribution in [3.63, 3.8) is 0 Å². The van der Waals surface area contributed by atoms with Crippen molar-refractivity contribution in [2.24, 2.45) is 0 Å². The third-order valence-corrected chi connectivity index (χ3v) is 3.42. The Balaban J connectivity index is 3.29. The van der Waals surface area contributed by atoms with E-state index in [0.29, 0.717) is 11.3 Å². The lowest BCUT2D eigenvalue weighted by Gasteiger charge is -2.35. The quantitative estimate of drug-likeness (QED) is 0.630. The molecule has 26 heavy (non-hydrogen) atoms. The number of halogens is 3. The number of hydrazine groups is 1. The fraction of sp³-hybridized carbons (Fsp3) is 0.438. The van der Waals surface area contributed by atoms with Crippen LogP contribution in [0.4, 0.5) is 22.8 Å². The molecule has 1 unspecified atom stereocenters. The monoisotopic (exact) mass is 376 g/mol. The predicted molar refractivity (Wildman–Crippen MR) is 83.9 cm³/mol. The molecule has 144 valence electrons. The summed E-state index contributed by atoms with van der Waals surface area (Å²) in [5.74, 6) is 0. The number of alkyl halides is 3. The van der Waals surface area contributed by atoms with Gasteiger partial charge in [0.05, 0.1) is 18.8 Å². The average molecular weight is 376 g/mol. The smallest absolute Gasteiger partial charge is 0.430 e. The number of hydrogen-bond acceptors (Lipinski definition) is 5. The van der Waals surface area contributed by atoms with Gasteiger partial charge in [-0.25, -0.2) is 15.0 Å². The number of rotatable bonds is 5. The minimum atomic E-state index is -4.56. The summed E-state index contributed by atoms with van der Waals surface area (Å²) in [4.78, 5) is 35.6. The highest BCUT2D eigenvalue weighted by molar-refractivity contribution is 5.80. The Morgan fingerprint density at radius 1 is 1.08 bits per heavy atom. The van der Waals surface area contributed by atoms with Gasteiger partial charge in [0.1, 0.15) is 5.54 Å². The minimum absolute atomic E-state index is 0.000577. The molecule has 1 rings (SSSR count). The molecular weight excluding hydrogens is 357 g/mol. The number of nitrogens with zero attached hydrogens (tertiary/aromatic N) is 1. The molecule has 10 heteroatoms. The van der Waals surface area contributed by atoms with Crippen LogP contribution in [0.1, 0.15) is 31.9 Å². The summed E-state index contributed by atoms with van der Waals surface area (Å²) >= 11 is 0. The molecule has 7 nitrogen and oxygen atoms in total. The first-order valence-corrected chi connectivity index (χ1v) is 7.64. The zero-order valence-electron chi connectivity index (χ0n) is 14.4. The van der Waals surface area contributed by atoms with Crippen LogP contribution in [0.5, 0.6) is 0 Å². The summed E-state index contributed by atoms with van der Waals surface area (Å²) in [5, 5.41) is 0.574. The maximum atomic E-state index is 12.7. The molecule has 0 radical (unpaired) electrons. The van der Waals surface area contributed by atoms with Gasteiger partial charge in [-0.05, 0) is 38.5 Å². The largest absolute Gasteiger partial charge is 0.449 e. The summed E-state index contributed by atoms with van der Waals surface area (Å²) in [6, 6.07) is 3.61. The molecule has 0 heterocycles. The van der Waals surface area contributed by atoms with Crippen LogP contribution in [0.15, 0.2) is 24.3 Å². The van der Waals surface area contributed by atoms with Crippen LogP contribution < -0.4 is 5.43 Å². The molecule has 0 saturated carbocycles. The Bertz CT molecular complexity index is 648. The van der Waals surface area contributed by atoms with E-state index in [4.69, 9.17) is 4.74 Å². The Morgan fingerprint density at radius 2 is 1.58 bits per heavy atom. The summed E-state index contributed by atoms with van der Waals surface area (Å²) in [5.41, 5.74) is -0.637. The van der Waals surface area contributed by atoms with Crippen molar-refractivity contribution in [3.8, 4) is 0 Å². The molecule has 0 fully saturated rings. The van der Waals surface area contributed by atoms with E-state index < -0.39 is 29.5 Å². The fourth-order valence-electron chi connectivity index (χ4n) is 2.04. The van der Waals surface area contributed by atoms with Crippen molar-refractivity contribution in [1.29, 1.82) is 0 Å². The van der Waals surface area contributed by atoms with Crippen LogP contribution in [0.25, 0.3) is 0 Å². The first kappa shape index (κ1) is 21.3. The van der Waals surface area contributed by atoms with Crippen molar-refractivity contribution < 1.29 is 37.0 Å². The lowest BCUT2D eigenvalue weighted by Crippen LogP contribution is -2.58. The van der Waals surface area contributed by atoms with Crippen LogP contribution in [0.3, 0.4) is 0 Å². The maximum Gasteiger partial charge on any atom is 0.430 e. The Hall–Kier alpha value is -2.78. The maximum absolute atomic E-state index is 12.7. The molecule has 0 spiro atoms. The molecular formula is C16H19F3N2O5. The van der Waals surface area contributed by atoms with E-state index in [1.54, 1.807) is 0 Å². The number of nitrogens with one attached hydrogen (secondary N) is 1. The number of carbonyl (C=O) groups is 3. The summed E-state index contributed by atoms with van der Waals surface area (Å²) in [7, 11) is 0. The van der Waals surface area contributed by atoms with Gasteiger partial charge in [-0.15, -0.1) is 0 Å². The van der Waals surface area contributed by atoms with Crippen LogP contribution in [-0.2, 0) is 26.0 Å². The molecule has 0 aromatic heterocycles. The lowest BCUT2D eigenvalue weighted by molar-refractivity contribution is -0.137. The minimum Gasteiger partial charge on any atom is -0.449 e. The van der Waals surface area contributed by atoms with Crippen LogP contribution in [0.2, 0.25) is 0 Å². The van der Waals surface area contributed by atoms with Crippen molar-refractivity contribution in [3.05, 3.63) is 35.4 Å². The molecule has 0 aliphatic carbocycles. The number of aldehydes is 1. The molecule has 0 bridgehead atoms. The highest BCUT2D eigenvalue weighted by atomic mass is 19.4. The summed E-state index contributed by atoms with van der Waals surface area (Å²) in [6.45, 7) is 4.23. The van der Waals surface area contributed by atoms with Gasteiger partial charge in [0.2, 0.25) is 0 Å². The molecule has 1 atom stereocenters. The zero-order valence-corrected chi connectivity index (χ0v) is 14.4. The first-order valence-electron chi connectivity index (χ1n) is 7.64. The van der Waals surface area contributed by atoms with Gasteiger partial charge in [-0.3, -0.25) is 0 Å². The zero-order chi connectivity index (χ0) is 20.0. The van der Waals surface area contributed by atoms with E-state index in [1.165, 1.54) is 20.8 Å². The molecule has 0 saturated heterocycles. The highest BCUT2D eigenvalue weighted by Crippen LogP contribution is 2.32. The number of hydrogen-bond donors (Lipinski definition) is 1. The second-order valence-electron chi connectivity index (χ2n) is 5.21. The topological polar surface area (TPSA) is 84.9 Å². The lowest BCUT2D eigenvalue weighted by atomic mass is 9.92. The summed E-state index contributed by atoms with van der Waals surface area (Å²) in [6.07, 6.45) is -6.35. The first-order chi connectivity index (χ1) is 12.1. The second-order valence-corrected chi connectivity index (χ2v) is 5.21. The van der Waals surface area contributed by atoms with Crippen LogP contribution >= 0.6 is 0 Å². The molecule has 2 amide bonds. The Morgan fingerprint density at radius 3 is 2.00 bits per heavy atom. The van der Waals surface area contributed by atoms with E-state index in [2.05, 4.69) is 10.2 Å². The molecule has 1 N–H and O–H groups in total. The molecule has 0 aliphatic rings. The van der Waals surface area contributed by atoms with E-state index in [1.807, 2.05) is 0 Å². The van der Waals surface area contributed by atoms with Gasteiger partial charge >= 0.3 is 18.4 Å². The number of ether oxygens (including phenoxy) is 2. The van der Waals surface area contributed by atoms with E-state index in [0.717, 1.165) is 24.3 Å². The van der Waals surface area contributed by atoms with Gasteiger partial charge in [0.25, 0.3) is 0 Å². The van der Waals surface area contributed by atoms with Gasteiger partial charge < -0.3 is 14.3 Å². The van der Waals surface area contributed by atoms with Gasteiger partial charge in [-0.1, -0.05) is 12.1 Å². The highest BCUT2D eigenvalue weighted by Gasteiger charge is 2.41. The summed E-state index contributed by atoms with van der Waals surface area (Å²) < 4.78 is 47.6. The van der Waals surface area contributed by atoms with Crippen molar-refractivity contribution in [2.45, 2.75) is 32.5 Å².